The Bertz CT molecular complexity index is 870. The molecule has 0 N–H and O–H groups in total. The van der Waals surface area contributed by atoms with Gasteiger partial charge >= 0.3 is 0 Å². The molecular weight excluding hydrogens is 263 g/mol. The van der Waals surface area contributed by atoms with Crippen LogP contribution in [0.1, 0.15) is 5.56 Å². The lowest BCUT2D eigenvalue weighted by Crippen LogP contribution is -2.00. The molecule has 0 aliphatic rings. The maximum Gasteiger partial charge on any atom is 0.141 e. The number of benzene rings is 2. The Balaban J connectivity index is 1.95. The number of aromatic nitrogens is 2. The van der Waals surface area contributed by atoms with Gasteiger partial charge in [-0.2, -0.15) is 0 Å². The van der Waals surface area contributed by atoms with Crippen LogP contribution < -0.4 is 0 Å². The molecule has 0 saturated heterocycles. The second kappa shape index (κ2) is 4.70. The van der Waals surface area contributed by atoms with E-state index in [1.807, 2.05) is 36.5 Å². The molecule has 4 rings (SSSR count). The number of hydrogen-bond donors (Lipinski definition) is 0. The molecule has 4 aromatic rings. The van der Waals surface area contributed by atoms with Crippen LogP contribution in [0.2, 0.25) is 0 Å². The Morgan fingerprint density at radius 3 is 2.48 bits per heavy atom. The Kier molecular flexibility index (Phi) is 2.71. The molecule has 0 amide bonds. The van der Waals surface area contributed by atoms with E-state index in [0.29, 0.717) is 6.54 Å². The van der Waals surface area contributed by atoms with Gasteiger partial charge in [0.1, 0.15) is 11.5 Å². The van der Waals surface area contributed by atoms with Crippen LogP contribution in [0.5, 0.6) is 0 Å². The summed E-state index contributed by atoms with van der Waals surface area (Å²) >= 11 is 0. The van der Waals surface area contributed by atoms with Crippen molar-refractivity contribution < 1.29 is 4.39 Å². The molecule has 2 nitrogen and oxygen atoms in total. The van der Waals surface area contributed by atoms with Crippen LogP contribution >= 0.6 is 0 Å². The van der Waals surface area contributed by atoms with Crippen LogP contribution in [0.15, 0.2) is 66.9 Å². The predicted octanol–water partition coefficient (Wildman–Crippen LogP) is 4.38. The highest BCUT2D eigenvalue weighted by Gasteiger charge is 2.10. The number of nitrogens with zero attached hydrogens (tertiary/aromatic N) is 2. The summed E-state index contributed by atoms with van der Waals surface area (Å²) in [5.74, 6) is -0.209. The molecule has 0 aliphatic carbocycles. The highest BCUT2D eigenvalue weighted by atomic mass is 19.1. The van der Waals surface area contributed by atoms with Crippen molar-refractivity contribution in [1.82, 2.24) is 9.55 Å². The van der Waals surface area contributed by atoms with Gasteiger partial charge in [-0.15, -0.1) is 0 Å². The molecule has 0 aliphatic heterocycles. The van der Waals surface area contributed by atoms with E-state index in [1.54, 1.807) is 0 Å². The number of pyridine rings is 1. The van der Waals surface area contributed by atoms with Crippen LogP contribution in [0.4, 0.5) is 4.39 Å². The van der Waals surface area contributed by atoms with Crippen LogP contribution in [0, 0.1) is 5.82 Å². The summed E-state index contributed by atoms with van der Waals surface area (Å²) in [6.07, 6.45) is 1.81. The monoisotopic (exact) mass is 276 g/mol. The fraction of sp³-hybridized carbons (Fsp3) is 0.0556. The zero-order valence-corrected chi connectivity index (χ0v) is 11.3. The minimum atomic E-state index is -0.209. The van der Waals surface area contributed by atoms with E-state index in [2.05, 4.69) is 27.8 Å². The topological polar surface area (TPSA) is 17.8 Å². The molecule has 0 unspecified atom stereocenters. The summed E-state index contributed by atoms with van der Waals surface area (Å²) in [7, 11) is 0. The summed E-state index contributed by atoms with van der Waals surface area (Å²) in [5, 5.41) is 2.35. The van der Waals surface area contributed by atoms with E-state index in [1.165, 1.54) is 17.5 Å². The Morgan fingerprint density at radius 1 is 0.857 bits per heavy atom. The first-order valence-electron chi connectivity index (χ1n) is 6.89. The highest BCUT2D eigenvalue weighted by molar-refractivity contribution is 6.06. The predicted molar refractivity (Wildman–Crippen MR) is 82.7 cm³/mol. The number of hydrogen-bond acceptors (Lipinski definition) is 1. The fourth-order valence-corrected chi connectivity index (χ4v) is 2.81. The van der Waals surface area contributed by atoms with E-state index in [9.17, 15) is 4.39 Å². The van der Waals surface area contributed by atoms with Gasteiger partial charge in [0.15, 0.2) is 0 Å². The van der Waals surface area contributed by atoms with Crippen molar-refractivity contribution >= 4 is 21.9 Å². The van der Waals surface area contributed by atoms with Crippen molar-refractivity contribution in [3.8, 4) is 0 Å². The second-order valence-electron chi connectivity index (χ2n) is 5.10. The van der Waals surface area contributed by atoms with Gasteiger partial charge in [0.25, 0.3) is 0 Å². The lowest BCUT2D eigenvalue weighted by atomic mass is 10.2. The average Bonchev–Trinajstić information content (AvgIpc) is 2.85. The first-order valence-corrected chi connectivity index (χ1v) is 6.89. The number of halogens is 1. The lowest BCUT2D eigenvalue weighted by Gasteiger charge is -2.07. The normalized spacial score (nSPS) is 11.3. The zero-order valence-electron chi connectivity index (χ0n) is 11.3. The van der Waals surface area contributed by atoms with Gasteiger partial charge in [0.2, 0.25) is 0 Å². The minimum absolute atomic E-state index is 0.209. The first kappa shape index (κ1) is 12.1. The largest absolute Gasteiger partial charge is 0.321 e. The zero-order chi connectivity index (χ0) is 14.2. The molecule has 102 valence electrons. The SMILES string of the molecule is Fc1ccc(Cn2c3ccccc3c3cccnc32)cc1. The summed E-state index contributed by atoms with van der Waals surface area (Å²) in [5.41, 5.74) is 3.17. The average molecular weight is 276 g/mol. The smallest absolute Gasteiger partial charge is 0.141 e. The van der Waals surface area contributed by atoms with Crippen molar-refractivity contribution in [2.75, 3.05) is 0 Å². The number of rotatable bonds is 2. The molecule has 0 saturated carbocycles. The number of para-hydroxylation sites is 1. The minimum Gasteiger partial charge on any atom is -0.321 e. The Morgan fingerprint density at radius 2 is 1.62 bits per heavy atom. The molecule has 0 fully saturated rings. The van der Waals surface area contributed by atoms with Gasteiger partial charge in [0, 0.05) is 23.5 Å². The van der Waals surface area contributed by atoms with Gasteiger partial charge in [-0.3, -0.25) is 0 Å². The van der Waals surface area contributed by atoms with Crippen molar-refractivity contribution in [2.24, 2.45) is 0 Å². The molecule has 0 atom stereocenters. The molecule has 0 bridgehead atoms. The third-order valence-electron chi connectivity index (χ3n) is 3.78. The van der Waals surface area contributed by atoms with Crippen molar-refractivity contribution in [2.45, 2.75) is 6.54 Å². The van der Waals surface area contributed by atoms with Crippen LogP contribution in [0.25, 0.3) is 21.9 Å². The lowest BCUT2D eigenvalue weighted by molar-refractivity contribution is 0.626. The second-order valence-corrected chi connectivity index (χ2v) is 5.10. The van der Waals surface area contributed by atoms with Crippen molar-refractivity contribution in [1.29, 1.82) is 0 Å². The summed E-state index contributed by atoms with van der Waals surface area (Å²) in [4.78, 5) is 4.52. The molecular formula is C18H13FN2. The molecule has 2 heterocycles. The molecule has 2 aromatic carbocycles. The van der Waals surface area contributed by atoms with E-state index < -0.39 is 0 Å². The molecule has 3 heteroatoms. The Labute approximate surface area is 121 Å². The molecule has 0 spiro atoms. The Hall–Kier alpha value is -2.68. The third kappa shape index (κ3) is 1.98. The van der Waals surface area contributed by atoms with Gasteiger partial charge in [-0.1, -0.05) is 30.3 Å². The van der Waals surface area contributed by atoms with Crippen LogP contribution in [0.3, 0.4) is 0 Å². The quantitative estimate of drug-likeness (QED) is 0.531. The van der Waals surface area contributed by atoms with Crippen LogP contribution in [-0.2, 0) is 6.54 Å². The van der Waals surface area contributed by atoms with Gasteiger partial charge in [0.05, 0.1) is 5.52 Å². The molecule has 0 radical (unpaired) electrons. The summed E-state index contributed by atoms with van der Waals surface area (Å²) in [6.45, 7) is 0.682. The van der Waals surface area contributed by atoms with Crippen LogP contribution in [-0.4, -0.2) is 9.55 Å². The highest BCUT2D eigenvalue weighted by Crippen LogP contribution is 2.27. The number of fused-ring (bicyclic) bond motifs is 3. The van der Waals surface area contributed by atoms with Crippen molar-refractivity contribution in [3.63, 3.8) is 0 Å². The van der Waals surface area contributed by atoms with Gasteiger partial charge < -0.3 is 4.57 Å². The maximum absolute atomic E-state index is 13.1. The fourth-order valence-electron chi connectivity index (χ4n) is 2.81. The standard InChI is InChI=1S/C18H13FN2/c19-14-9-7-13(8-10-14)12-21-17-6-2-1-4-15(17)16-5-3-11-20-18(16)21/h1-11H,12H2. The maximum atomic E-state index is 13.1. The molecule has 2 aromatic heterocycles. The first-order chi connectivity index (χ1) is 10.3. The van der Waals surface area contributed by atoms with Crippen molar-refractivity contribution in [3.05, 3.63) is 78.2 Å². The third-order valence-corrected chi connectivity index (χ3v) is 3.78. The van der Waals surface area contributed by atoms with E-state index in [0.717, 1.165) is 22.1 Å². The van der Waals surface area contributed by atoms with E-state index in [4.69, 9.17) is 0 Å². The molecule has 21 heavy (non-hydrogen) atoms. The van der Waals surface area contributed by atoms with Gasteiger partial charge in [-0.25, -0.2) is 9.37 Å². The van der Waals surface area contributed by atoms with E-state index in [-0.39, 0.29) is 5.82 Å². The summed E-state index contributed by atoms with van der Waals surface area (Å²) < 4.78 is 15.2. The van der Waals surface area contributed by atoms with Gasteiger partial charge in [-0.05, 0) is 35.9 Å². The van der Waals surface area contributed by atoms with E-state index >= 15 is 0 Å². The summed E-state index contributed by atoms with van der Waals surface area (Å²) in [6, 6.07) is 19.0.